The van der Waals surface area contributed by atoms with Gasteiger partial charge in [-0.3, -0.25) is 14.5 Å². The first-order chi connectivity index (χ1) is 9.83. The number of benzene rings is 1. The summed E-state index contributed by atoms with van der Waals surface area (Å²) in [7, 11) is -4.08. The van der Waals surface area contributed by atoms with Gasteiger partial charge in [0, 0.05) is 11.4 Å². The van der Waals surface area contributed by atoms with E-state index >= 15 is 0 Å². The van der Waals surface area contributed by atoms with E-state index < -0.39 is 26.2 Å². The second-order valence-electron chi connectivity index (χ2n) is 4.52. The highest BCUT2D eigenvalue weighted by Crippen LogP contribution is 2.16. The summed E-state index contributed by atoms with van der Waals surface area (Å²) in [6, 6.07) is 6.87. The number of aromatic nitrogens is 2. The van der Waals surface area contributed by atoms with Crippen LogP contribution in [0.25, 0.3) is 0 Å². The fourth-order valence-corrected chi connectivity index (χ4v) is 3.26. The van der Waals surface area contributed by atoms with Crippen LogP contribution in [0.1, 0.15) is 18.2 Å². The van der Waals surface area contributed by atoms with Crippen LogP contribution in [0.4, 0.5) is 5.69 Å². The highest BCUT2D eigenvalue weighted by atomic mass is 32.2. The number of rotatable bonds is 4. The average molecular weight is 309 g/mol. The fourth-order valence-electron chi connectivity index (χ4n) is 1.97. The number of aromatic amines is 2. The molecule has 8 heteroatoms. The van der Waals surface area contributed by atoms with Crippen LogP contribution in [0.5, 0.6) is 0 Å². The highest BCUT2D eigenvalue weighted by Gasteiger charge is 2.22. The second kappa shape index (κ2) is 5.57. The van der Waals surface area contributed by atoms with Crippen molar-refractivity contribution in [3.8, 4) is 0 Å². The maximum absolute atomic E-state index is 12.3. The van der Waals surface area contributed by atoms with Gasteiger partial charge in [-0.05, 0) is 31.0 Å². The largest absolute Gasteiger partial charge is 0.325 e. The lowest BCUT2D eigenvalue weighted by molar-refractivity contribution is 0.598. The molecule has 3 N–H and O–H groups in total. The summed E-state index contributed by atoms with van der Waals surface area (Å²) in [6.45, 7) is 3.30. The average Bonchev–Trinajstić information content (AvgIpc) is 2.36. The topological polar surface area (TPSA) is 112 Å². The van der Waals surface area contributed by atoms with Crippen LogP contribution in [0.3, 0.4) is 0 Å². The van der Waals surface area contributed by atoms with Gasteiger partial charge < -0.3 is 4.98 Å². The molecule has 1 aromatic heterocycles. The monoisotopic (exact) mass is 309 g/mol. The lowest BCUT2D eigenvalue weighted by Gasteiger charge is -2.10. The highest BCUT2D eigenvalue weighted by molar-refractivity contribution is 7.92. The molecule has 0 aliphatic heterocycles. The smallest absolute Gasteiger partial charge is 0.310 e. The zero-order valence-electron chi connectivity index (χ0n) is 11.6. The quantitative estimate of drug-likeness (QED) is 0.773. The van der Waals surface area contributed by atoms with Crippen molar-refractivity contribution in [3.63, 3.8) is 0 Å². The van der Waals surface area contributed by atoms with Gasteiger partial charge in [-0.2, -0.15) is 0 Å². The lowest BCUT2D eigenvalue weighted by Crippen LogP contribution is -2.31. The predicted octanol–water partition coefficient (Wildman–Crippen LogP) is 0.735. The van der Waals surface area contributed by atoms with Gasteiger partial charge in [0.05, 0.1) is 0 Å². The standard InChI is InChI=1S/C13H15N3O4S/c1-3-9-5-4-6-10(7-9)16-21(19,20)11-8(2)14-13(18)15-12(11)17/h4-7,16H,3H2,1-2H3,(H2,14,15,17,18). The van der Waals surface area contributed by atoms with Crippen LogP contribution in [0.2, 0.25) is 0 Å². The van der Waals surface area contributed by atoms with E-state index in [4.69, 9.17) is 0 Å². The van der Waals surface area contributed by atoms with Crippen molar-refractivity contribution in [2.75, 3.05) is 4.72 Å². The lowest BCUT2D eigenvalue weighted by atomic mass is 10.1. The van der Waals surface area contributed by atoms with Gasteiger partial charge in [-0.15, -0.1) is 0 Å². The normalized spacial score (nSPS) is 11.3. The van der Waals surface area contributed by atoms with E-state index in [1.165, 1.54) is 6.92 Å². The Bertz CT molecular complexity index is 881. The van der Waals surface area contributed by atoms with Gasteiger partial charge in [-0.25, -0.2) is 13.2 Å². The zero-order valence-corrected chi connectivity index (χ0v) is 12.4. The van der Waals surface area contributed by atoms with E-state index in [0.29, 0.717) is 5.69 Å². The van der Waals surface area contributed by atoms with Gasteiger partial charge in [-0.1, -0.05) is 19.1 Å². The Hall–Kier alpha value is -2.35. The summed E-state index contributed by atoms with van der Waals surface area (Å²) < 4.78 is 26.9. The summed E-state index contributed by atoms with van der Waals surface area (Å²) in [5.74, 6) is 0. The van der Waals surface area contributed by atoms with Gasteiger partial charge in [0.2, 0.25) is 0 Å². The molecule has 2 aromatic rings. The maximum atomic E-state index is 12.3. The third-order valence-corrected chi connectivity index (χ3v) is 4.46. The predicted molar refractivity (Wildman–Crippen MR) is 79.0 cm³/mol. The zero-order chi connectivity index (χ0) is 15.6. The third kappa shape index (κ3) is 3.22. The summed E-state index contributed by atoms with van der Waals surface area (Å²) in [6.07, 6.45) is 0.758. The molecule has 1 aromatic carbocycles. The van der Waals surface area contributed by atoms with Gasteiger partial charge in [0.1, 0.15) is 0 Å². The molecule has 0 fully saturated rings. The van der Waals surface area contributed by atoms with Crippen LogP contribution < -0.4 is 16.0 Å². The molecule has 0 aliphatic carbocycles. The van der Waals surface area contributed by atoms with Crippen LogP contribution in [-0.2, 0) is 16.4 Å². The Morgan fingerprint density at radius 2 is 1.90 bits per heavy atom. The van der Waals surface area contributed by atoms with E-state index in [1.807, 2.05) is 18.0 Å². The first kappa shape index (κ1) is 15.0. The number of hydrogen-bond donors (Lipinski definition) is 3. The summed E-state index contributed by atoms with van der Waals surface area (Å²) in [5.41, 5.74) is -0.385. The molecule has 0 saturated carbocycles. The van der Waals surface area contributed by atoms with Gasteiger partial charge in [0.15, 0.2) is 4.90 Å². The molecular formula is C13H15N3O4S. The molecule has 0 radical (unpaired) electrons. The van der Waals surface area contributed by atoms with E-state index in [-0.39, 0.29) is 5.69 Å². The van der Waals surface area contributed by atoms with Crippen molar-refractivity contribution in [3.05, 3.63) is 56.4 Å². The Morgan fingerprint density at radius 1 is 1.19 bits per heavy atom. The van der Waals surface area contributed by atoms with Crippen LogP contribution in [-0.4, -0.2) is 18.4 Å². The van der Waals surface area contributed by atoms with Crippen molar-refractivity contribution in [1.29, 1.82) is 0 Å². The number of H-pyrrole nitrogens is 2. The molecule has 0 saturated heterocycles. The van der Waals surface area contributed by atoms with Crippen molar-refractivity contribution in [2.45, 2.75) is 25.2 Å². The third-order valence-electron chi connectivity index (χ3n) is 2.93. The van der Waals surface area contributed by atoms with Crippen LogP contribution >= 0.6 is 0 Å². The minimum Gasteiger partial charge on any atom is -0.310 e. The molecule has 0 amide bonds. The number of hydrogen-bond acceptors (Lipinski definition) is 4. The molecular weight excluding hydrogens is 294 g/mol. The second-order valence-corrected chi connectivity index (χ2v) is 6.14. The molecule has 21 heavy (non-hydrogen) atoms. The maximum Gasteiger partial charge on any atom is 0.325 e. The van der Waals surface area contributed by atoms with Crippen LogP contribution in [0, 0.1) is 6.92 Å². The van der Waals surface area contributed by atoms with E-state index in [1.54, 1.807) is 18.2 Å². The van der Waals surface area contributed by atoms with E-state index in [2.05, 4.69) is 9.71 Å². The fraction of sp³-hybridized carbons (Fsp3) is 0.231. The minimum atomic E-state index is -4.08. The van der Waals surface area contributed by atoms with Gasteiger partial charge in [0.25, 0.3) is 15.6 Å². The van der Waals surface area contributed by atoms with E-state index in [0.717, 1.165) is 12.0 Å². The summed E-state index contributed by atoms with van der Waals surface area (Å²) in [4.78, 5) is 26.5. The minimum absolute atomic E-state index is 0.0112. The Morgan fingerprint density at radius 3 is 2.52 bits per heavy atom. The number of sulfonamides is 1. The summed E-state index contributed by atoms with van der Waals surface area (Å²) in [5, 5.41) is 0. The van der Waals surface area contributed by atoms with Crippen LogP contribution in [0.15, 0.2) is 38.8 Å². The molecule has 0 aliphatic rings. The number of aryl methyl sites for hydroxylation is 2. The Labute approximate surface area is 121 Å². The number of anilines is 1. The Kier molecular flexibility index (Phi) is 3.99. The SMILES string of the molecule is CCc1cccc(NS(=O)(=O)c2c(C)[nH]c(=O)[nH]c2=O)c1. The molecule has 7 nitrogen and oxygen atoms in total. The molecule has 0 bridgehead atoms. The van der Waals surface area contributed by atoms with E-state index in [9.17, 15) is 18.0 Å². The molecule has 0 atom stereocenters. The van der Waals surface area contributed by atoms with Crippen molar-refractivity contribution in [1.82, 2.24) is 9.97 Å². The molecule has 1 heterocycles. The van der Waals surface area contributed by atoms with Gasteiger partial charge >= 0.3 is 5.69 Å². The molecule has 112 valence electrons. The number of nitrogens with one attached hydrogen (secondary N) is 3. The molecule has 0 unspecified atom stereocenters. The van der Waals surface area contributed by atoms with Crippen molar-refractivity contribution >= 4 is 15.7 Å². The molecule has 0 spiro atoms. The first-order valence-electron chi connectivity index (χ1n) is 6.28. The molecule has 2 rings (SSSR count). The van der Waals surface area contributed by atoms with Crippen molar-refractivity contribution in [2.24, 2.45) is 0 Å². The summed E-state index contributed by atoms with van der Waals surface area (Å²) >= 11 is 0. The van der Waals surface area contributed by atoms with Crippen molar-refractivity contribution < 1.29 is 8.42 Å². The first-order valence-corrected chi connectivity index (χ1v) is 7.77. The Balaban J connectivity index is 2.48.